The highest BCUT2D eigenvalue weighted by molar-refractivity contribution is 5.99. The smallest absolute Gasteiger partial charge is 0.305 e. The number of hydrogen-bond acceptors (Lipinski definition) is 4. The van der Waals surface area contributed by atoms with E-state index >= 15 is 0 Å². The van der Waals surface area contributed by atoms with Gasteiger partial charge in [0.15, 0.2) is 5.78 Å². The summed E-state index contributed by atoms with van der Waals surface area (Å²) in [6.45, 7) is 4.06. The van der Waals surface area contributed by atoms with Crippen LogP contribution in [0.5, 0.6) is 0 Å². The first-order chi connectivity index (χ1) is 16.3. The van der Waals surface area contributed by atoms with Crippen LogP contribution in [-0.2, 0) is 14.3 Å². The minimum atomic E-state index is -2.64. The standard InChI is InChI=1S/C27H42O4/c1-6-18-22-15-17(28)11-13-27(22,4)21-12-14-26(3)19(16(2)7-10-23(29)31-5)8-9-20(26)24(21)25(18)30/h6,16-17,19-22,24,28H,7-15H2,1-5H3/b18-6-/t16-,17-,19?,20?,21?,22+,24?,26-,27-/m1/s1/i1D3,6D. The van der Waals surface area contributed by atoms with Gasteiger partial charge in [-0.1, -0.05) is 26.8 Å². The van der Waals surface area contributed by atoms with E-state index in [9.17, 15) is 14.7 Å². The molecular formula is C27H42O4. The van der Waals surface area contributed by atoms with E-state index in [-0.39, 0.29) is 51.8 Å². The van der Waals surface area contributed by atoms with E-state index in [0.717, 1.165) is 38.5 Å². The van der Waals surface area contributed by atoms with Crippen molar-refractivity contribution in [2.24, 2.45) is 46.3 Å². The summed E-state index contributed by atoms with van der Waals surface area (Å²) in [6, 6.07) is -0.514. The third-order valence-electron chi connectivity index (χ3n) is 10.3. The largest absolute Gasteiger partial charge is 0.469 e. The van der Waals surface area contributed by atoms with E-state index in [4.69, 9.17) is 10.2 Å². The number of hydrogen-bond donors (Lipinski definition) is 1. The maximum Gasteiger partial charge on any atom is 0.305 e. The molecule has 31 heavy (non-hydrogen) atoms. The van der Waals surface area contributed by atoms with Crippen molar-refractivity contribution in [1.29, 1.82) is 0 Å². The van der Waals surface area contributed by atoms with Gasteiger partial charge in [0.05, 0.1) is 14.6 Å². The van der Waals surface area contributed by atoms with Crippen LogP contribution in [0.15, 0.2) is 11.6 Å². The minimum absolute atomic E-state index is 0.0446. The molecule has 0 heterocycles. The summed E-state index contributed by atoms with van der Waals surface area (Å²) in [5.41, 5.74) is -0.142. The predicted octanol–water partition coefficient (Wildman–Crippen LogP) is 5.33. The zero-order valence-corrected chi connectivity index (χ0v) is 19.6. The first-order valence-corrected chi connectivity index (χ1v) is 12.3. The van der Waals surface area contributed by atoms with Gasteiger partial charge in [-0.15, -0.1) is 0 Å². The average molecular weight is 435 g/mol. The summed E-state index contributed by atoms with van der Waals surface area (Å²) in [7, 11) is 1.42. The number of rotatable bonds is 4. The van der Waals surface area contributed by atoms with Crippen LogP contribution in [0, 0.1) is 46.3 Å². The lowest BCUT2D eigenvalue weighted by molar-refractivity contribution is -0.150. The maximum absolute atomic E-state index is 14.2. The number of fused-ring (bicyclic) bond motifs is 5. The summed E-state index contributed by atoms with van der Waals surface area (Å²) in [6.07, 6.45) is 6.26. The molecule has 4 saturated carbocycles. The van der Waals surface area contributed by atoms with Crippen LogP contribution in [0.1, 0.15) is 90.9 Å². The lowest BCUT2D eigenvalue weighted by Gasteiger charge is -2.61. The monoisotopic (exact) mass is 434 g/mol. The van der Waals surface area contributed by atoms with Crippen molar-refractivity contribution in [3.8, 4) is 0 Å². The Labute approximate surface area is 193 Å². The quantitative estimate of drug-likeness (QED) is 0.480. The second kappa shape index (κ2) is 8.32. The zero-order valence-electron chi connectivity index (χ0n) is 23.6. The van der Waals surface area contributed by atoms with Gasteiger partial charge < -0.3 is 9.84 Å². The van der Waals surface area contributed by atoms with Crippen molar-refractivity contribution in [3.63, 3.8) is 0 Å². The van der Waals surface area contributed by atoms with Crippen LogP contribution in [-0.4, -0.2) is 30.1 Å². The van der Waals surface area contributed by atoms with E-state index < -0.39 is 19.0 Å². The van der Waals surface area contributed by atoms with Crippen molar-refractivity contribution >= 4 is 11.8 Å². The summed E-state index contributed by atoms with van der Waals surface area (Å²) >= 11 is 0. The molecule has 0 bridgehead atoms. The molecule has 0 aromatic carbocycles. The van der Waals surface area contributed by atoms with E-state index in [0.29, 0.717) is 31.1 Å². The van der Waals surface area contributed by atoms with Crippen LogP contribution in [0.2, 0.25) is 0 Å². The van der Waals surface area contributed by atoms with Gasteiger partial charge in [-0.05, 0) is 104 Å². The Hall–Kier alpha value is -1.16. The van der Waals surface area contributed by atoms with Crippen LogP contribution in [0.3, 0.4) is 0 Å². The molecule has 4 aliphatic rings. The minimum Gasteiger partial charge on any atom is -0.469 e. The molecule has 0 radical (unpaired) electrons. The third kappa shape index (κ3) is 3.52. The Morgan fingerprint density at radius 3 is 2.68 bits per heavy atom. The summed E-state index contributed by atoms with van der Waals surface area (Å²) in [4.78, 5) is 25.9. The van der Waals surface area contributed by atoms with Crippen molar-refractivity contribution in [3.05, 3.63) is 11.6 Å². The lowest BCUT2D eigenvalue weighted by atomic mass is 9.43. The number of carbonyl (C=O) groups is 2. The lowest BCUT2D eigenvalue weighted by Crippen LogP contribution is -2.58. The van der Waals surface area contributed by atoms with Gasteiger partial charge in [0.2, 0.25) is 0 Å². The maximum atomic E-state index is 14.2. The predicted molar refractivity (Wildman–Crippen MR) is 121 cm³/mol. The molecular weight excluding hydrogens is 388 g/mol. The number of ether oxygens (including phenoxy) is 1. The zero-order chi connectivity index (χ0) is 25.9. The molecule has 0 aromatic heterocycles. The first-order valence-electron chi connectivity index (χ1n) is 14.3. The highest BCUT2D eigenvalue weighted by Gasteiger charge is 2.64. The number of Topliss-reactive ketones (excluding diaryl/α,β-unsaturated/α-hetero) is 1. The third-order valence-corrected chi connectivity index (χ3v) is 10.3. The Kier molecular flexibility index (Phi) is 4.91. The van der Waals surface area contributed by atoms with Gasteiger partial charge in [-0.2, -0.15) is 0 Å². The van der Waals surface area contributed by atoms with Crippen LogP contribution in [0.4, 0.5) is 0 Å². The van der Waals surface area contributed by atoms with E-state index in [2.05, 4.69) is 20.8 Å². The molecule has 0 aromatic rings. The molecule has 0 spiro atoms. The second-order valence-corrected chi connectivity index (χ2v) is 11.4. The van der Waals surface area contributed by atoms with E-state index in [1.54, 1.807) is 0 Å². The molecule has 0 amide bonds. The molecule has 4 rings (SSSR count). The molecule has 0 saturated heterocycles. The summed E-state index contributed by atoms with van der Waals surface area (Å²) in [5.74, 6) is 0.0854. The number of aliphatic hydroxyl groups is 1. The topological polar surface area (TPSA) is 63.6 Å². The van der Waals surface area contributed by atoms with Crippen molar-refractivity contribution in [2.45, 2.75) is 91.5 Å². The molecule has 4 aliphatic carbocycles. The second-order valence-electron chi connectivity index (χ2n) is 11.4. The number of methoxy groups -OCH3 is 1. The van der Waals surface area contributed by atoms with Gasteiger partial charge in [-0.3, -0.25) is 9.59 Å². The molecule has 4 fully saturated rings. The summed E-state index contributed by atoms with van der Waals surface area (Å²) in [5, 5.41) is 10.5. The molecule has 4 heteroatoms. The summed E-state index contributed by atoms with van der Waals surface area (Å²) < 4.78 is 37.2. The Morgan fingerprint density at radius 1 is 1.26 bits per heavy atom. The van der Waals surface area contributed by atoms with E-state index in [1.807, 2.05) is 0 Å². The highest BCUT2D eigenvalue weighted by Crippen LogP contribution is 2.68. The SMILES string of the molecule is [2H]/C(=C1/C(=O)C2C3CCC([C@H](C)CCC(=O)OC)[C@@]3(C)CCC2[C@@]2(C)CC[C@@H](O)C[C@@H]12)C([2H])([2H])[2H]. The Balaban J connectivity index is 1.71. The Bertz CT molecular complexity index is 898. The highest BCUT2D eigenvalue weighted by atomic mass is 16.5. The molecule has 0 aliphatic heterocycles. The fraction of sp³-hybridized carbons (Fsp3) is 0.852. The fourth-order valence-electron chi connectivity index (χ4n) is 8.57. The number of ketones is 1. The molecule has 4 unspecified atom stereocenters. The number of esters is 1. The van der Waals surface area contributed by atoms with Gasteiger partial charge in [0.25, 0.3) is 0 Å². The van der Waals surface area contributed by atoms with Crippen LogP contribution >= 0.6 is 0 Å². The molecule has 4 nitrogen and oxygen atoms in total. The number of aliphatic hydroxyl groups excluding tert-OH is 1. The van der Waals surface area contributed by atoms with Gasteiger partial charge in [0, 0.05) is 16.5 Å². The normalized spacial score (nSPS) is 49.4. The van der Waals surface area contributed by atoms with E-state index in [1.165, 1.54) is 7.11 Å². The average Bonchev–Trinajstić information content (AvgIpc) is 3.14. The van der Waals surface area contributed by atoms with Crippen LogP contribution in [0.25, 0.3) is 0 Å². The van der Waals surface area contributed by atoms with Gasteiger partial charge in [0.1, 0.15) is 0 Å². The molecule has 9 atom stereocenters. The van der Waals surface area contributed by atoms with Gasteiger partial charge >= 0.3 is 5.97 Å². The van der Waals surface area contributed by atoms with Crippen molar-refractivity contribution < 1.29 is 24.9 Å². The number of carbonyl (C=O) groups excluding carboxylic acids is 2. The Morgan fingerprint density at radius 2 is 1.97 bits per heavy atom. The number of allylic oxidation sites excluding steroid dienone is 2. The first kappa shape index (κ1) is 18.3. The van der Waals surface area contributed by atoms with Crippen molar-refractivity contribution in [1.82, 2.24) is 0 Å². The molecule has 1 N–H and O–H groups in total. The molecule has 174 valence electrons. The van der Waals surface area contributed by atoms with Gasteiger partial charge in [-0.25, -0.2) is 0 Å². The van der Waals surface area contributed by atoms with Crippen molar-refractivity contribution in [2.75, 3.05) is 7.11 Å². The fourth-order valence-corrected chi connectivity index (χ4v) is 8.57. The van der Waals surface area contributed by atoms with Crippen LogP contribution < -0.4 is 0 Å².